The summed E-state index contributed by atoms with van der Waals surface area (Å²) in [5.74, 6) is 0.0257. The van der Waals surface area contributed by atoms with Crippen molar-refractivity contribution in [3.05, 3.63) is 23.4 Å². The normalized spacial score (nSPS) is 12.5. The molecule has 1 heterocycles. The second kappa shape index (κ2) is 8.05. The first-order chi connectivity index (χ1) is 10.6. The predicted octanol–water partition coefficient (Wildman–Crippen LogP) is 2.18. The molecule has 0 aliphatic carbocycles. The second-order valence-corrected chi connectivity index (χ2v) is 7.14. The number of nitrogen functional groups attached to an aromatic ring is 1. The van der Waals surface area contributed by atoms with Crippen LogP contribution in [0.3, 0.4) is 0 Å². The van der Waals surface area contributed by atoms with Crippen LogP contribution in [-0.2, 0) is 15.3 Å². The van der Waals surface area contributed by atoms with Crippen LogP contribution in [0.1, 0.15) is 32.0 Å². The third kappa shape index (κ3) is 7.73. The average Bonchev–Trinajstić information content (AvgIpc) is 2.33. The molecule has 0 aliphatic heterocycles. The van der Waals surface area contributed by atoms with Gasteiger partial charge in [0, 0.05) is 11.5 Å². The fraction of sp³-hybridized carbons (Fsp3) is 0.533. The van der Waals surface area contributed by atoms with Crippen LogP contribution in [0.5, 0.6) is 0 Å². The SMILES string of the molecule is Cc1cc(N)nc(CSC[C@H](NC(=O)OC(C)(C)C)C(=O)O)c1. The number of pyridine rings is 1. The lowest BCUT2D eigenvalue weighted by molar-refractivity contribution is -0.138. The van der Waals surface area contributed by atoms with E-state index in [1.165, 1.54) is 11.8 Å². The quantitative estimate of drug-likeness (QED) is 0.726. The maximum absolute atomic E-state index is 11.7. The first-order valence-electron chi connectivity index (χ1n) is 7.10. The Morgan fingerprint density at radius 2 is 2.09 bits per heavy atom. The third-order valence-electron chi connectivity index (χ3n) is 2.57. The fourth-order valence-electron chi connectivity index (χ4n) is 1.75. The van der Waals surface area contributed by atoms with Gasteiger partial charge in [-0.15, -0.1) is 0 Å². The molecule has 7 nitrogen and oxygen atoms in total. The number of aliphatic carboxylic acids is 1. The summed E-state index contributed by atoms with van der Waals surface area (Å²) >= 11 is 1.35. The van der Waals surface area contributed by atoms with E-state index in [2.05, 4.69) is 10.3 Å². The Bertz CT molecular complexity index is 552. The van der Waals surface area contributed by atoms with Crippen LogP contribution >= 0.6 is 11.8 Å². The molecule has 1 aromatic rings. The molecule has 1 rings (SSSR count). The molecule has 0 aromatic carbocycles. The van der Waals surface area contributed by atoms with Gasteiger partial charge in [0.15, 0.2) is 0 Å². The van der Waals surface area contributed by atoms with Gasteiger partial charge in [-0.3, -0.25) is 0 Å². The molecule has 0 radical (unpaired) electrons. The van der Waals surface area contributed by atoms with Gasteiger partial charge in [-0.05, 0) is 45.4 Å². The molecule has 1 atom stereocenters. The Kier molecular flexibility index (Phi) is 6.68. The van der Waals surface area contributed by atoms with Crippen LogP contribution in [0.25, 0.3) is 0 Å². The smallest absolute Gasteiger partial charge is 0.408 e. The highest BCUT2D eigenvalue weighted by Gasteiger charge is 2.23. The van der Waals surface area contributed by atoms with Gasteiger partial charge in [0.05, 0.1) is 5.69 Å². The molecule has 1 aromatic heterocycles. The zero-order valence-electron chi connectivity index (χ0n) is 13.8. The predicted molar refractivity (Wildman–Crippen MR) is 90.3 cm³/mol. The monoisotopic (exact) mass is 341 g/mol. The number of carbonyl (C=O) groups excluding carboxylic acids is 1. The number of nitrogens with two attached hydrogens (primary N) is 1. The lowest BCUT2D eigenvalue weighted by Crippen LogP contribution is -2.44. The van der Waals surface area contributed by atoms with Crippen LogP contribution in [0.2, 0.25) is 0 Å². The summed E-state index contributed by atoms with van der Waals surface area (Å²) in [5, 5.41) is 11.5. The fourth-order valence-corrected chi connectivity index (χ4v) is 2.68. The Balaban J connectivity index is 2.53. The summed E-state index contributed by atoms with van der Waals surface area (Å²) in [7, 11) is 0. The molecule has 0 unspecified atom stereocenters. The van der Waals surface area contributed by atoms with E-state index >= 15 is 0 Å². The van der Waals surface area contributed by atoms with Gasteiger partial charge in [-0.25, -0.2) is 14.6 Å². The number of anilines is 1. The molecule has 4 N–H and O–H groups in total. The largest absolute Gasteiger partial charge is 0.480 e. The van der Waals surface area contributed by atoms with Crippen molar-refractivity contribution < 1.29 is 19.4 Å². The highest BCUT2D eigenvalue weighted by atomic mass is 32.2. The van der Waals surface area contributed by atoms with Gasteiger partial charge in [-0.2, -0.15) is 11.8 Å². The molecule has 8 heteroatoms. The standard InChI is InChI=1S/C15H23N3O4S/c1-9-5-10(17-12(16)6-9)7-23-8-11(13(19)20)18-14(21)22-15(2,3)4/h5-6,11H,7-8H2,1-4H3,(H2,16,17)(H,18,21)(H,19,20)/t11-/m0/s1. The van der Waals surface area contributed by atoms with Crippen LogP contribution in [0.4, 0.5) is 10.6 Å². The molecule has 128 valence electrons. The van der Waals surface area contributed by atoms with Gasteiger partial charge in [0.2, 0.25) is 0 Å². The zero-order chi connectivity index (χ0) is 17.6. The molecular formula is C15H23N3O4S. The lowest BCUT2D eigenvalue weighted by atomic mass is 10.2. The van der Waals surface area contributed by atoms with Gasteiger partial charge in [-0.1, -0.05) is 0 Å². The summed E-state index contributed by atoms with van der Waals surface area (Å²) in [6.07, 6.45) is -0.747. The molecule has 0 saturated carbocycles. The molecule has 23 heavy (non-hydrogen) atoms. The van der Waals surface area contributed by atoms with E-state index < -0.39 is 23.7 Å². The van der Waals surface area contributed by atoms with Gasteiger partial charge >= 0.3 is 12.1 Å². The van der Waals surface area contributed by atoms with Gasteiger partial charge in [0.1, 0.15) is 17.5 Å². The number of ether oxygens (including phenoxy) is 1. The number of nitrogens with one attached hydrogen (secondary N) is 1. The van der Waals surface area contributed by atoms with E-state index in [-0.39, 0.29) is 5.75 Å². The minimum atomic E-state index is -1.11. The number of rotatable bonds is 6. The van der Waals surface area contributed by atoms with E-state index in [4.69, 9.17) is 10.5 Å². The maximum atomic E-state index is 11.7. The Morgan fingerprint density at radius 3 is 2.61 bits per heavy atom. The molecule has 0 spiro atoms. The highest BCUT2D eigenvalue weighted by molar-refractivity contribution is 7.98. The number of carboxylic acids is 1. The number of nitrogens with zero attached hydrogens (tertiary/aromatic N) is 1. The van der Waals surface area contributed by atoms with Crippen LogP contribution in [-0.4, -0.2) is 39.5 Å². The molecular weight excluding hydrogens is 318 g/mol. The van der Waals surface area contributed by atoms with Gasteiger partial charge < -0.3 is 20.9 Å². The van der Waals surface area contributed by atoms with E-state index in [9.17, 15) is 14.7 Å². The third-order valence-corrected chi connectivity index (χ3v) is 3.63. The summed E-state index contributed by atoms with van der Waals surface area (Å²) < 4.78 is 5.06. The van der Waals surface area contributed by atoms with Crippen molar-refractivity contribution in [3.63, 3.8) is 0 Å². The van der Waals surface area contributed by atoms with Crippen molar-refractivity contribution >= 4 is 29.6 Å². The number of thioether (sulfide) groups is 1. The number of hydrogen-bond acceptors (Lipinski definition) is 6. The lowest BCUT2D eigenvalue weighted by Gasteiger charge is -2.21. The van der Waals surface area contributed by atoms with E-state index in [1.54, 1.807) is 26.8 Å². The van der Waals surface area contributed by atoms with Crippen molar-refractivity contribution in [2.75, 3.05) is 11.5 Å². The number of carboxylic acid groups (broad SMARTS) is 1. The first kappa shape index (κ1) is 19.1. The Morgan fingerprint density at radius 1 is 1.43 bits per heavy atom. The van der Waals surface area contributed by atoms with Crippen LogP contribution in [0, 0.1) is 6.92 Å². The van der Waals surface area contributed by atoms with Crippen molar-refractivity contribution in [1.82, 2.24) is 10.3 Å². The van der Waals surface area contributed by atoms with Crippen molar-refractivity contribution in [2.24, 2.45) is 0 Å². The molecule has 0 bridgehead atoms. The van der Waals surface area contributed by atoms with Crippen molar-refractivity contribution in [3.8, 4) is 0 Å². The Labute approximate surface area is 140 Å². The number of amides is 1. The Hall–Kier alpha value is -1.96. The van der Waals surface area contributed by atoms with E-state index in [0.717, 1.165) is 11.3 Å². The second-order valence-electron chi connectivity index (χ2n) is 6.11. The molecule has 0 saturated heterocycles. The molecule has 1 amide bonds. The maximum Gasteiger partial charge on any atom is 0.408 e. The number of hydrogen-bond donors (Lipinski definition) is 3. The summed E-state index contributed by atoms with van der Waals surface area (Å²) in [6, 6.07) is 2.62. The summed E-state index contributed by atoms with van der Waals surface area (Å²) in [5.41, 5.74) is 6.77. The van der Waals surface area contributed by atoms with Crippen molar-refractivity contribution in [1.29, 1.82) is 0 Å². The van der Waals surface area contributed by atoms with E-state index in [1.807, 2.05) is 13.0 Å². The van der Waals surface area contributed by atoms with Gasteiger partial charge in [0.25, 0.3) is 0 Å². The number of alkyl carbamates (subject to hydrolysis) is 1. The van der Waals surface area contributed by atoms with Crippen LogP contribution in [0.15, 0.2) is 12.1 Å². The first-order valence-corrected chi connectivity index (χ1v) is 8.25. The topological polar surface area (TPSA) is 115 Å². The molecule has 0 aliphatic rings. The number of aromatic nitrogens is 1. The zero-order valence-corrected chi connectivity index (χ0v) is 14.6. The minimum absolute atomic E-state index is 0.199. The average molecular weight is 341 g/mol. The molecule has 0 fully saturated rings. The number of carbonyl (C=O) groups is 2. The summed E-state index contributed by atoms with van der Waals surface area (Å²) in [4.78, 5) is 27.1. The highest BCUT2D eigenvalue weighted by Crippen LogP contribution is 2.15. The van der Waals surface area contributed by atoms with E-state index in [0.29, 0.717) is 11.6 Å². The minimum Gasteiger partial charge on any atom is -0.480 e. The number of aryl methyl sites for hydroxylation is 1. The van der Waals surface area contributed by atoms with Crippen molar-refractivity contribution in [2.45, 2.75) is 45.1 Å². The van der Waals surface area contributed by atoms with Crippen LogP contribution < -0.4 is 11.1 Å². The summed E-state index contributed by atoms with van der Waals surface area (Å²) in [6.45, 7) is 7.05.